The molecule has 3 saturated carbocycles. The Hall–Kier alpha value is -1.14. The number of hydrogen-bond acceptors (Lipinski definition) is 22. The molecule has 0 aromatic carbocycles. The van der Waals surface area contributed by atoms with Crippen LogP contribution in [-0.2, 0) is 37.9 Å². The van der Waals surface area contributed by atoms with Gasteiger partial charge in [0.15, 0.2) is 25.2 Å². The van der Waals surface area contributed by atoms with Crippen LogP contribution in [0.5, 0.6) is 0 Å². The lowest BCUT2D eigenvalue weighted by Crippen LogP contribution is -2.65. The van der Waals surface area contributed by atoms with Gasteiger partial charge < -0.3 is 109 Å². The second-order valence-electron chi connectivity index (χ2n) is 25.3. The standard InChI is InChI=1S/C53H90O22/c1-23(24-15-16-51(6)33-12-10-25-26(53(33,8)34(60)18-52(24,51)7)11-14-35(49(25,2)3)72-46-41(65)39(63)38(62)31(20-55)70-46)9-13-36(50(4,5)67)73-48-44(37(61)29(59)22-68-48)75-47-42(66)40(64)43(32(21-56)71-47)74-45-28(58)17-27(57)30(19-54)69-45/h10,23-24,26-48,54-67H,9,11-22H2,1-8H3/t23-,24?,26?,27-,28+,29-,30+,31-,32+,33?,34-,35+,36-,37+,38-,39+,40+,41-,42+,43+,44-,45-,46+,47-,48+,51+,52-,53+/m1/s1. The van der Waals surface area contributed by atoms with E-state index >= 15 is 0 Å². The molecule has 0 amide bonds. The van der Waals surface area contributed by atoms with Crippen LogP contribution < -0.4 is 0 Å². The molecule has 22 nitrogen and oxygen atoms in total. The highest BCUT2D eigenvalue weighted by Crippen LogP contribution is 2.75. The van der Waals surface area contributed by atoms with Gasteiger partial charge in [0.05, 0.1) is 56.4 Å². The minimum atomic E-state index is -1.90. The predicted molar refractivity (Wildman–Crippen MR) is 260 cm³/mol. The lowest BCUT2D eigenvalue weighted by atomic mass is 9.38. The first-order valence-corrected chi connectivity index (χ1v) is 27.3. The Kier molecular flexibility index (Phi) is 18.1. The quantitative estimate of drug-likeness (QED) is 0.0777. The molecule has 28 atom stereocenters. The number of ether oxygens (including phenoxy) is 8. The first-order valence-electron chi connectivity index (χ1n) is 27.3. The van der Waals surface area contributed by atoms with Crippen molar-refractivity contribution in [2.45, 2.75) is 248 Å². The second kappa shape index (κ2) is 22.7. The molecule has 0 aromatic heterocycles. The monoisotopic (exact) mass is 1080 g/mol. The Morgan fingerprint density at radius 2 is 1.25 bits per heavy atom. The van der Waals surface area contributed by atoms with Crippen LogP contribution in [0.3, 0.4) is 0 Å². The number of rotatable bonds is 16. The molecular weight excluding hydrogens is 989 g/mol. The highest BCUT2D eigenvalue weighted by molar-refractivity contribution is 5.32. The minimum absolute atomic E-state index is 0.0436. The molecule has 8 aliphatic rings. The van der Waals surface area contributed by atoms with E-state index in [0.29, 0.717) is 25.7 Å². The lowest BCUT2D eigenvalue weighted by Gasteiger charge is -2.67. The van der Waals surface area contributed by atoms with Crippen molar-refractivity contribution in [2.75, 3.05) is 26.4 Å². The third kappa shape index (κ3) is 10.7. The lowest BCUT2D eigenvalue weighted by molar-refractivity contribution is -0.379. The molecule has 22 heteroatoms. The molecule has 7 fully saturated rings. The van der Waals surface area contributed by atoms with E-state index in [1.54, 1.807) is 13.8 Å². The zero-order valence-corrected chi connectivity index (χ0v) is 44.7. The number of fused-ring (bicyclic) bond motifs is 5. The average Bonchev–Trinajstić information content (AvgIpc) is 3.63. The van der Waals surface area contributed by atoms with Gasteiger partial charge in [0, 0.05) is 17.3 Å². The molecule has 4 aliphatic carbocycles. The molecule has 8 rings (SSSR count). The van der Waals surface area contributed by atoms with E-state index in [-0.39, 0.29) is 47.5 Å². The molecule has 4 heterocycles. The van der Waals surface area contributed by atoms with Crippen LogP contribution in [0.2, 0.25) is 0 Å². The molecule has 75 heavy (non-hydrogen) atoms. The number of aliphatic hydroxyl groups is 14. The molecule has 4 saturated heterocycles. The van der Waals surface area contributed by atoms with Crippen LogP contribution in [0, 0.1) is 45.3 Å². The topological polar surface area (TPSA) is 357 Å². The maximum absolute atomic E-state index is 12.6. The van der Waals surface area contributed by atoms with E-state index in [0.717, 1.165) is 25.7 Å². The van der Waals surface area contributed by atoms with Crippen LogP contribution in [0.25, 0.3) is 0 Å². The third-order valence-corrected chi connectivity index (χ3v) is 20.3. The zero-order valence-electron chi connectivity index (χ0n) is 44.7. The summed E-state index contributed by atoms with van der Waals surface area (Å²) in [7, 11) is 0. The molecule has 14 N–H and O–H groups in total. The van der Waals surface area contributed by atoms with Crippen molar-refractivity contribution in [1.29, 1.82) is 0 Å². The molecule has 0 aromatic rings. The minimum Gasteiger partial charge on any atom is -0.394 e. The Balaban J connectivity index is 0.930. The molecule has 0 radical (unpaired) electrons. The van der Waals surface area contributed by atoms with Gasteiger partial charge in [0.25, 0.3) is 0 Å². The fraction of sp³-hybridized carbons (Fsp3) is 0.962. The number of hydrogen-bond donors (Lipinski definition) is 14. The van der Waals surface area contributed by atoms with Gasteiger partial charge in [0.1, 0.15) is 79.4 Å². The molecule has 434 valence electrons. The van der Waals surface area contributed by atoms with Gasteiger partial charge in [-0.1, -0.05) is 53.2 Å². The van der Waals surface area contributed by atoms with Gasteiger partial charge in [-0.2, -0.15) is 0 Å². The smallest absolute Gasteiger partial charge is 0.187 e. The fourth-order valence-corrected chi connectivity index (χ4v) is 15.4. The molecule has 0 spiro atoms. The van der Waals surface area contributed by atoms with Gasteiger partial charge in [-0.15, -0.1) is 0 Å². The molecule has 4 aliphatic heterocycles. The van der Waals surface area contributed by atoms with E-state index < -0.39 is 165 Å². The van der Waals surface area contributed by atoms with Crippen molar-refractivity contribution in [2.24, 2.45) is 45.3 Å². The van der Waals surface area contributed by atoms with Crippen LogP contribution in [-0.4, -0.2) is 232 Å². The summed E-state index contributed by atoms with van der Waals surface area (Å²) in [6, 6.07) is 0. The van der Waals surface area contributed by atoms with Gasteiger partial charge in [0.2, 0.25) is 0 Å². The van der Waals surface area contributed by atoms with Gasteiger partial charge in [-0.25, -0.2) is 0 Å². The van der Waals surface area contributed by atoms with Crippen LogP contribution >= 0.6 is 0 Å². The van der Waals surface area contributed by atoms with Gasteiger partial charge in [-0.05, 0) is 99.7 Å². The van der Waals surface area contributed by atoms with Gasteiger partial charge in [-0.3, -0.25) is 0 Å². The van der Waals surface area contributed by atoms with Crippen molar-refractivity contribution in [1.82, 2.24) is 0 Å². The summed E-state index contributed by atoms with van der Waals surface area (Å²) in [5, 5.41) is 151. The first-order chi connectivity index (χ1) is 35.1. The molecule has 3 unspecified atom stereocenters. The van der Waals surface area contributed by atoms with E-state index in [9.17, 15) is 71.5 Å². The van der Waals surface area contributed by atoms with Crippen molar-refractivity contribution >= 4 is 0 Å². The highest BCUT2D eigenvalue weighted by Gasteiger charge is 2.70. The maximum Gasteiger partial charge on any atom is 0.187 e. The van der Waals surface area contributed by atoms with Crippen LogP contribution in [0.4, 0.5) is 0 Å². The first kappa shape index (κ1) is 60.0. The molecule has 0 bridgehead atoms. The van der Waals surface area contributed by atoms with Crippen molar-refractivity contribution < 1.29 is 109 Å². The normalized spacial score (nSPS) is 51.0. The van der Waals surface area contributed by atoms with E-state index in [4.69, 9.17) is 37.9 Å². The summed E-state index contributed by atoms with van der Waals surface area (Å²) in [5.41, 5.74) is -1.71. The summed E-state index contributed by atoms with van der Waals surface area (Å²) in [4.78, 5) is 0. The molecular formula is C53H90O22. The predicted octanol–water partition coefficient (Wildman–Crippen LogP) is -1.56. The third-order valence-electron chi connectivity index (χ3n) is 20.3. The Morgan fingerprint density at radius 1 is 0.640 bits per heavy atom. The average molecular weight is 1080 g/mol. The maximum atomic E-state index is 12.6. The Morgan fingerprint density at radius 3 is 1.91 bits per heavy atom. The van der Waals surface area contributed by atoms with Crippen LogP contribution in [0.1, 0.15) is 113 Å². The number of allylic oxidation sites excluding steroid dienone is 1. The van der Waals surface area contributed by atoms with Gasteiger partial charge >= 0.3 is 0 Å². The van der Waals surface area contributed by atoms with Crippen molar-refractivity contribution in [3.8, 4) is 0 Å². The SMILES string of the molecule is C[C@H](CC[C@@H](O[C@@H]1OC[C@@H](O)[C@H](O)[C@H]1O[C@H]1O[C@@H](CO)[C@H](O[C@H]2O[C@@H](CO)[C@H](O)C[C@@H]2O)[C@@H](O)[C@@H]1O)C(C)(C)O)C1CC[C@@]2(C)C3CC=C4C(CC[C@H](O[C@@H]5O[C@H](CO)[C@@H](O)[C@H](O)[C@H]5O)C4(C)C)[C@]3(C)[C@H](O)C[C@]12C. The summed E-state index contributed by atoms with van der Waals surface area (Å²) in [6.45, 7) is 14.3. The highest BCUT2D eigenvalue weighted by atomic mass is 16.8. The second-order valence-corrected chi connectivity index (χ2v) is 25.3. The zero-order chi connectivity index (χ0) is 55.1. The Labute approximate surface area is 439 Å². The summed E-state index contributed by atoms with van der Waals surface area (Å²) < 4.78 is 47.7. The van der Waals surface area contributed by atoms with E-state index in [2.05, 4.69) is 47.6 Å². The summed E-state index contributed by atoms with van der Waals surface area (Å²) >= 11 is 0. The van der Waals surface area contributed by atoms with Crippen LogP contribution in [0.15, 0.2) is 11.6 Å². The summed E-state index contributed by atoms with van der Waals surface area (Å²) in [6.07, 6.45) is -21.0. The van der Waals surface area contributed by atoms with E-state index in [1.807, 2.05) is 0 Å². The summed E-state index contributed by atoms with van der Waals surface area (Å²) in [5.74, 6) is 0.467. The van der Waals surface area contributed by atoms with Crippen molar-refractivity contribution in [3.63, 3.8) is 0 Å². The largest absolute Gasteiger partial charge is 0.394 e. The number of aliphatic hydroxyl groups excluding tert-OH is 13. The van der Waals surface area contributed by atoms with E-state index in [1.165, 1.54) is 5.57 Å². The Bertz CT molecular complexity index is 1940. The van der Waals surface area contributed by atoms with Crippen molar-refractivity contribution in [3.05, 3.63) is 11.6 Å². The fourth-order valence-electron chi connectivity index (χ4n) is 15.4.